The van der Waals surface area contributed by atoms with Gasteiger partial charge in [-0.2, -0.15) is 0 Å². The summed E-state index contributed by atoms with van der Waals surface area (Å²) in [5, 5.41) is 3.57. The summed E-state index contributed by atoms with van der Waals surface area (Å²) < 4.78 is 5.03. The Morgan fingerprint density at radius 3 is 3.00 bits per heavy atom. The highest BCUT2D eigenvalue weighted by Gasteiger charge is 2.04. The van der Waals surface area contributed by atoms with Gasteiger partial charge in [0.2, 0.25) is 0 Å². The van der Waals surface area contributed by atoms with Crippen LogP contribution in [-0.2, 0) is 4.74 Å². The molecule has 0 aliphatic rings. The smallest absolute Gasteiger partial charge is 0.150 e. The van der Waals surface area contributed by atoms with Crippen LogP contribution >= 0.6 is 11.6 Å². The fourth-order valence-corrected chi connectivity index (χ4v) is 1.35. The molecule has 0 radical (unpaired) electrons. The third kappa shape index (κ3) is 3.93. The second kappa shape index (κ2) is 5.78. The fourth-order valence-electron chi connectivity index (χ4n) is 1.20. The van der Waals surface area contributed by atoms with Gasteiger partial charge < -0.3 is 15.8 Å². The summed E-state index contributed by atoms with van der Waals surface area (Å²) in [6.07, 6.45) is 0. The molecule has 5 heteroatoms. The molecular formula is C10H16ClN3O. The molecule has 3 N–H and O–H groups in total. The monoisotopic (exact) mass is 229 g/mol. The van der Waals surface area contributed by atoms with E-state index in [-0.39, 0.29) is 0 Å². The maximum absolute atomic E-state index is 5.76. The molecule has 0 spiro atoms. The molecule has 1 atom stereocenters. The molecule has 0 aliphatic carbocycles. The van der Waals surface area contributed by atoms with Crippen molar-refractivity contribution in [1.82, 2.24) is 4.98 Å². The zero-order chi connectivity index (χ0) is 11.3. The summed E-state index contributed by atoms with van der Waals surface area (Å²) in [5.74, 6) is 1.03. The van der Waals surface area contributed by atoms with Crippen molar-refractivity contribution >= 4 is 23.1 Å². The highest BCUT2D eigenvalue weighted by atomic mass is 35.5. The Balaban J connectivity index is 2.53. The Kier molecular flexibility index (Phi) is 4.65. The van der Waals surface area contributed by atoms with Gasteiger partial charge in [-0.25, -0.2) is 4.98 Å². The lowest BCUT2D eigenvalue weighted by Crippen LogP contribution is -2.17. The van der Waals surface area contributed by atoms with Crippen LogP contribution in [0.3, 0.4) is 0 Å². The van der Waals surface area contributed by atoms with Crippen molar-refractivity contribution in [3.05, 3.63) is 17.3 Å². The minimum Gasteiger partial charge on any atom is -0.396 e. The Morgan fingerprint density at radius 2 is 2.33 bits per heavy atom. The number of nitrogens with zero attached hydrogens (tertiary/aromatic N) is 1. The molecule has 1 heterocycles. The Labute approximate surface area is 94.8 Å². The lowest BCUT2D eigenvalue weighted by atomic mass is 10.2. The van der Waals surface area contributed by atoms with Gasteiger partial charge in [-0.3, -0.25) is 0 Å². The van der Waals surface area contributed by atoms with Crippen LogP contribution in [0.15, 0.2) is 12.1 Å². The lowest BCUT2D eigenvalue weighted by Gasteiger charge is -2.13. The van der Waals surface area contributed by atoms with Crippen LogP contribution in [0.2, 0.25) is 5.15 Å². The van der Waals surface area contributed by atoms with Gasteiger partial charge in [-0.15, -0.1) is 0 Å². The van der Waals surface area contributed by atoms with Crippen LogP contribution in [-0.4, -0.2) is 25.2 Å². The van der Waals surface area contributed by atoms with Crippen molar-refractivity contribution in [2.45, 2.75) is 6.92 Å². The van der Waals surface area contributed by atoms with E-state index in [4.69, 9.17) is 22.1 Å². The van der Waals surface area contributed by atoms with E-state index in [1.165, 1.54) is 0 Å². The summed E-state index contributed by atoms with van der Waals surface area (Å²) in [6.45, 7) is 3.54. The van der Waals surface area contributed by atoms with Gasteiger partial charge in [0.25, 0.3) is 0 Å². The van der Waals surface area contributed by atoms with Gasteiger partial charge in [0, 0.05) is 13.7 Å². The summed E-state index contributed by atoms with van der Waals surface area (Å²) in [5.41, 5.74) is 6.34. The van der Waals surface area contributed by atoms with Gasteiger partial charge in [-0.05, 0) is 18.1 Å². The van der Waals surface area contributed by atoms with Crippen molar-refractivity contribution in [3.8, 4) is 0 Å². The van der Waals surface area contributed by atoms with Gasteiger partial charge in [0.1, 0.15) is 5.15 Å². The number of rotatable bonds is 5. The van der Waals surface area contributed by atoms with E-state index in [0.29, 0.717) is 29.2 Å². The van der Waals surface area contributed by atoms with E-state index in [1.807, 2.05) is 0 Å². The molecular weight excluding hydrogens is 214 g/mol. The van der Waals surface area contributed by atoms with Crippen LogP contribution < -0.4 is 11.1 Å². The van der Waals surface area contributed by atoms with Crippen LogP contribution in [0.4, 0.5) is 11.5 Å². The zero-order valence-electron chi connectivity index (χ0n) is 8.96. The van der Waals surface area contributed by atoms with Gasteiger partial charge >= 0.3 is 0 Å². The quantitative estimate of drug-likeness (QED) is 0.759. The minimum atomic E-state index is 0.398. The first-order chi connectivity index (χ1) is 7.13. The molecule has 0 saturated carbocycles. The number of halogens is 1. The second-order valence-corrected chi connectivity index (χ2v) is 3.90. The molecule has 84 valence electrons. The van der Waals surface area contributed by atoms with Crippen molar-refractivity contribution in [3.63, 3.8) is 0 Å². The molecule has 15 heavy (non-hydrogen) atoms. The number of nitrogens with two attached hydrogens (primary N) is 1. The number of aromatic nitrogens is 1. The number of pyridine rings is 1. The van der Waals surface area contributed by atoms with E-state index in [0.717, 1.165) is 6.54 Å². The topological polar surface area (TPSA) is 60.2 Å². The molecule has 1 unspecified atom stereocenters. The van der Waals surface area contributed by atoms with Crippen LogP contribution in [0.5, 0.6) is 0 Å². The standard InChI is InChI=1S/C10H16ClN3O/c1-7(6-15-2)5-13-10-8(12)3-4-9(11)14-10/h3-4,7H,5-6,12H2,1-2H3,(H,13,14). The van der Waals surface area contributed by atoms with Crippen LogP contribution in [0.1, 0.15) is 6.92 Å². The minimum absolute atomic E-state index is 0.398. The predicted molar refractivity (Wildman–Crippen MR) is 63.2 cm³/mol. The number of hydrogen-bond donors (Lipinski definition) is 2. The molecule has 0 bridgehead atoms. The van der Waals surface area contributed by atoms with Gasteiger partial charge in [-0.1, -0.05) is 18.5 Å². The molecule has 0 amide bonds. The van der Waals surface area contributed by atoms with E-state index in [9.17, 15) is 0 Å². The fraction of sp³-hybridized carbons (Fsp3) is 0.500. The average Bonchev–Trinajstić information content (AvgIpc) is 2.20. The van der Waals surface area contributed by atoms with E-state index in [1.54, 1.807) is 19.2 Å². The predicted octanol–water partition coefficient (Wildman–Crippen LogP) is 2.01. The highest BCUT2D eigenvalue weighted by molar-refractivity contribution is 6.29. The molecule has 4 nitrogen and oxygen atoms in total. The Hall–Kier alpha value is -1.00. The first kappa shape index (κ1) is 12.1. The van der Waals surface area contributed by atoms with Gasteiger partial charge in [0.05, 0.1) is 12.3 Å². The average molecular weight is 230 g/mol. The number of ether oxygens (including phenoxy) is 1. The molecule has 0 aliphatic heterocycles. The van der Waals surface area contributed by atoms with Crippen LogP contribution in [0.25, 0.3) is 0 Å². The summed E-state index contributed by atoms with van der Waals surface area (Å²) in [6, 6.07) is 3.40. The Bertz CT molecular complexity index is 320. The van der Waals surface area contributed by atoms with Crippen molar-refractivity contribution in [1.29, 1.82) is 0 Å². The number of hydrogen-bond acceptors (Lipinski definition) is 4. The summed E-state index contributed by atoms with van der Waals surface area (Å²) >= 11 is 5.76. The van der Waals surface area contributed by atoms with E-state index >= 15 is 0 Å². The molecule has 0 saturated heterocycles. The lowest BCUT2D eigenvalue weighted by molar-refractivity contribution is 0.164. The first-order valence-corrected chi connectivity index (χ1v) is 5.16. The van der Waals surface area contributed by atoms with E-state index in [2.05, 4.69) is 17.2 Å². The Morgan fingerprint density at radius 1 is 1.60 bits per heavy atom. The number of methoxy groups -OCH3 is 1. The third-order valence-electron chi connectivity index (χ3n) is 1.96. The first-order valence-electron chi connectivity index (χ1n) is 4.78. The normalized spacial score (nSPS) is 12.5. The third-order valence-corrected chi connectivity index (χ3v) is 2.17. The molecule has 0 fully saturated rings. The SMILES string of the molecule is COCC(C)CNc1nc(Cl)ccc1N. The second-order valence-electron chi connectivity index (χ2n) is 3.51. The van der Waals surface area contributed by atoms with Crippen molar-refractivity contribution in [2.75, 3.05) is 31.3 Å². The summed E-state index contributed by atoms with van der Waals surface area (Å²) in [4.78, 5) is 4.09. The van der Waals surface area contributed by atoms with Crippen molar-refractivity contribution < 1.29 is 4.74 Å². The number of nitrogen functional groups attached to an aromatic ring is 1. The molecule has 0 aromatic carbocycles. The van der Waals surface area contributed by atoms with E-state index < -0.39 is 0 Å². The maximum Gasteiger partial charge on any atom is 0.150 e. The van der Waals surface area contributed by atoms with Crippen LogP contribution in [0, 0.1) is 5.92 Å². The van der Waals surface area contributed by atoms with Crippen molar-refractivity contribution in [2.24, 2.45) is 5.92 Å². The zero-order valence-corrected chi connectivity index (χ0v) is 9.71. The molecule has 1 aromatic heterocycles. The molecule has 1 rings (SSSR count). The highest BCUT2D eigenvalue weighted by Crippen LogP contribution is 2.18. The van der Waals surface area contributed by atoms with Gasteiger partial charge in [0.15, 0.2) is 5.82 Å². The molecule has 1 aromatic rings. The largest absolute Gasteiger partial charge is 0.396 e. The number of anilines is 2. The summed E-state index contributed by atoms with van der Waals surface area (Å²) in [7, 11) is 1.68. The maximum atomic E-state index is 5.76. The number of nitrogens with one attached hydrogen (secondary N) is 1.